The summed E-state index contributed by atoms with van der Waals surface area (Å²) in [6.07, 6.45) is 3.39. The van der Waals surface area contributed by atoms with E-state index < -0.39 is 0 Å². The third kappa shape index (κ3) is 3.02. The van der Waals surface area contributed by atoms with Crippen LogP contribution in [0.5, 0.6) is 0 Å². The molecule has 1 aromatic rings. The third-order valence-electron chi connectivity index (χ3n) is 1.82. The van der Waals surface area contributed by atoms with E-state index in [4.69, 9.17) is 0 Å². The van der Waals surface area contributed by atoms with Gasteiger partial charge < -0.3 is 4.90 Å². The van der Waals surface area contributed by atoms with Crippen LogP contribution in [0.1, 0.15) is 15.5 Å². The van der Waals surface area contributed by atoms with E-state index in [9.17, 15) is 4.79 Å². The number of hydrogen-bond donors (Lipinski definition) is 0. The first-order valence-electron chi connectivity index (χ1n) is 4.62. The lowest BCUT2D eigenvalue weighted by atomic mass is 10.3. The van der Waals surface area contributed by atoms with Crippen molar-refractivity contribution in [1.82, 2.24) is 9.88 Å². The second-order valence-corrected chi connectivity index (χ2v) is 4.10. The van der Waals surface area contributed by atoms with Gasteiger partial charge in [0, 0.05) is 18.5 Å². The Labute approximate surface area is 93.8 Å². The van der Waals surface area contributed by atoms with Gasteiger partial charge in [-0.3, -0.25) is 4.79 Å². The van der Waals surface area contributed by atoms with Crippen LogP contribution in [-0.2, 0) is 0 Å². The van der Waals surface area contributed by atoms with Crippen molar-refractivity contribution in [2.45, 2.75) is 6.92 Å². The van der Waals surface area contributed by atoms with Crippen LogP contribution in [0.2, 0.25) is 0 Å². The van der Waals surface area contributed by atoms with Crippen molar-refractivity contribution < 1.29 is 4.79 Å². The summed E-state index contributed by atoms with van der Waals surface area (Å²) >= 11 is 1.48. The first kappa shape index (κ1) is 11.7. The maximum Gasteiger partial charge on any atom is 0.273 e. The van der Waals surface area contributed by atoms with Gasteiger partial charge >= 0.3 is 0 Å². The summed E-state index contributed by atoms with van der Waals surface area (Å²) < 4.78 is 0. The number of rotatable bonds is 5. The molecule has 15 heavy (non-hydrogen) atoms. The van der Waals surface area contributed by atoms with Gasteiger partial charge in [0.05, 0.1) is 5.01 Å². The Morgan fingerprint density at radius 1 is 1.53 bits per heavy atom. The molecule has 0 saturated heterocycles. The average molecular weight is 222 g/mol. The van der Waals surface area contributed by atoms with Crippen molar-refractivity contribution in [3.8, 4) is 0 Å². The first-order chi connectivity index (χ1) is 7.19. The van der Waals surface area contributed by atoms with E-state index in [-0.39, 0.29) is 5.91 Å². The predicted molar refractivity (Wildman–Crippen MR) is 63.1 cm³/mol. The van der Waals surface area contributed by atoms with Crippen molar-refractivity contribution in [2.75, 3.05) is 13.1 Å². The summed E-state index contributed by atoms with van der Waals surface area (Å²) in [4.78, 5) is 17.7. The van der Waals surface area contributed by atoms with Gasteiger partial charge in [0.1, 0.15) is 5.69 Å². The molecule has 0 aromatic carbocycles. The molecule has 0 N–H and O–H groups in total. The molecule has 0 bridgehead atoms. The van der Waals surface area contributed by atoms with Crippen LogP contribution < -0.4 is 0 Å². The largest absolute Gasteiger partial charge is 0.330 e. The fourth-order valence-electron chi connectivity index (χ4n) is 1.18. The number of carbonyl (C=O) groups is 1. The van der Waals surface area contributed by atoms with Crippen molar-refractivity contribution in [3.05, 3.63) is 41.4 Å². The lowest BCUT2D eigenvalue weighted by molar-refractivity contribution is 0.0785. The molecule has 1 rings (SSSR count). The monoisotopic (exact) mass is 222 g/mol. The van der Waals surface area contributed by atoms with E-state index in [1.54, 1.807) is 22.4 Å². The minimum absolute atomic E-state index is 0.0702. The standard InChI is InChI=1S/C11H14N2OS/c1-4-6-13(7-5-2)11(14)10-8-15-9(3)12-10/h4-5,8H,1-2,6-7H2,3H3. The normalized spacial score (nSPS) is 9.67. The Morgan fingerprint density at radius 2 is 2.13 bits per heavy atom. The highest BCUT2D eigenvalue weighted by Gasteiger charge is 2.15. The summed E-state index contributed by atoms with van der Waals surface area (Å²) in [5.41, 5.74) is 0.501. The topological polar surface area (TPSA) is 33.2 Å². The number of hydrogen-bond acceptors (Lipinski definition) is 3. The van der Waals surface area contributed by atoms with Crippen LogP contribution in [0.4, 0.5) is 0 Å². The molecule has 0 aliphatic carbocycles. The molecule has 0 spiro atoms. The van der Waals surface area contributed by atoms with Gasteiger partial charge in [-0.05, 0) is 6.92 Å². The quantitative estimate of drug-likeness (QED) is 0.716. The van der Waals surface area contributed by atoms with E-state index in [1.165, 1.54) is 11.3 Å². The number of carbonyl (C=O) groups excluding carboxylic acids is 1. The Balaban J connectivity index is 2.79. The van der Waals surface area contributed by atoms with E-state index in [0.29, 0.717) is 18.8 Å². The molecule has 0 aliphatic heterocycles. The zero-order valence-electron chi connectivity index (χ0n) is 8.77. The Bertz CT molecular complexity index is 360. The molecule has 0 atom stereocenters. The van der Waals surface area contributed by atoms with Crippen molar-refractivity contribution in [3.63, 3.8) is 0 Å². The van der Waals surface area contributed by atoms with Gasteiger partial charge in [0.25, 0.3) is 5.91 Å². The Kier molecular flexibility index (Phi) is 4.24. The Hall–Kier alpha value is -1.42. The molecular formula is C11H14N2OS. The van der Waals surface area contributed by atoms with Gasteiger partial charge in [0.2, 0.25) is 0 Å². The number of amides is 1. The van der Waals surface area contributed by atoms with Crippen LogP contribution in [0.25, 0.3) is 0 Å². The van der Waals surface area contributed by atoms with Crippen LogP contribution in [0.15, 0.2) is 30.7 Å². The molecular weight excluding hydrogens is 208 g/mol. The van der Waals surface area contributed by atoms with Crippen LogP contribution in [0, 0.1) is 6.92 Å². The van der Waals surface area contributed by atoms with Gasteiger partial charge in [-0.1, -0.05) is 12.2 Å². The van der Waals surface area contributed by atoms with Crippen LogP contribution in [0.3, 0.4) is 0 Å². The second-order valence-electron chi connectivity index (χ2n) is 3.04. The number of thiazole rings is 1. The molecule has 80 valence electrons. The molecule has 4 heteroatoms. The van der Waals surface area contributed by atoms with Crippen molar-refractivity contribution in [2.24, 2.45) is 0 Å². The number of aromatic nitrogens is 1. The molecule has 3 nitrogen and oxygen atoms in total. The zero-order valence-corrected chi connectivity index (χ0v) is 9.59. The minimum atomic E-state index is -0.0702. The second kappa shape index (κ2) is 5.46. The summed E-state index contributed by atoms with van der Waals surface area (Å²) in [5.74, 6) is -0.0702. The smallest absolute Gasteiger partial charge is 0.273 e. The van der Waals surface area contributed by atoms with E-state index in [0.717, 1.165) is 5.01 Å². The summed E-state index contributed by atoms with van der Waals surface area (Å²) in [5, 5.41) is 2.67. The lowest BCUT2D eigenvalue weighted by Crippen LogP contribution is -2.31. The molecule has 0 unspecified atom stereocenters. The molecule has 0 saturated carbocycles. The van der Waals surface area contributed by atoms with Crippen molar-refractivity contribution in [1.29, 1.82) is 0 Å². The van der Waals surface area contributed by atoms with Gasteiger partial charge in [0.15, 0.2) is 0 Å². The fraction of sp³-hybridized carbons (Fsp3) is 0.273. The van der Waals surface area contributed by atoms with Gasteiger partial charge in [-0.25, -0.2) is 4.98 Å². The van der Waals surface area contributed by atoms with E-state index in [1.807, 2.05) is 6.92 Å². The Morgan fingerprint density at radius 3 is 2.53 bits per heavy atom. The maximum absolute atomic E-state index is 11.9. The average Bonchev–Trinajstić information content (AvgIpc) is 2.63. The zero-order chi connectivity index (χ0) is 11.3. The molecule has 1 amide bonds. The summed E-state index contributed by atoms with van der Waals surface area (Å²) in [6.45, 7) is 10.1. The maximum atomic E-state index is 11.9. The first-order valence-corrected chi connectivity index (χ1v) is 5.50. The van der Waals surface area contributed by atoms with Crippen LogP contribution >= 0.6 is 11.3 Å². The number of aryl methyl sites for hydroxylation is 1. The number of nitrogens with zero attached hydrogens (tertiary/aromatic N) is 2. The predicted octanol–water partition coefficient (Wildman–Crippen LogP) is 2.27. The highest BCUT2D eigenvalue weighted by Crippen LogP contribution is 2.10. The molecule has 1 heterocycles. The van der Waals surface area contributed by atoms with E-state index >= 15 is 0 Å². The minimum Gasteiger partial charge on any atom is -0.330 e. The van der Waals surface area contributed by atoms with Crippen molar-refractivity contribution >= 4 is 17.2 Å². The van der Waals surface area contributed by atoms with E-state index in [2.05, 4.69) is 18.1 Å². The highest BCUT2D eigenvalue weighted by molar-refractivity contribution is 7.09. The van der Waals surface area contributed by atoms with Gasteiger partial charge in [-0.15, -0.1) is 24.5 Å². The third-order valence-corrected chi connectivity index (χ3v) is 2.60. The molecule has 0 radical (unpaired) electrons. The summed E-state index contributed by atoms with van der Waals surface area (Å²) in [6, 6.07) is 0. The SMILES string of the molecule is C=CCN(CC=C)C(=O)c1csc(C)n1. The fourth-order valence-corrected chi connectivity index (χ4v) is 1.76. The summed E-state index contributed by atoms with van der Waals surface area (Å²) in [7, 11) is 0. The molecule has 0 fully saturated rings. The van der Waals surface area contributed by atoms with Crippen LogP contribution in [-0.4, -0.2) is 28.9 Å². The molecule has 0 aliphatic rings. The highest BCUT2D eigenvalue weighted by atomic mass is 32.1. The van der Waals surface area contributed by atoms with Gasteiger partial charge in [-0.2, -0.15) is 0 Å². The molecule has 1 aromatic heterocycles. The lowest BCUT2D eigenvalue weighted by Gasteiger charge is -2.17.